The van der Waals surface area contributed by atoms with Crippen molar-refractivity contribution in [2.24, 2.45) is 0 Å². The highest BCUT2D eigenvalue weighted by Gasteiger charge is 2.46. The summed E-state index contributed by atoms with van der Waals surface area (Å²) in [7, 11) is 0. The number of alkyl halides is 3. The number of amides is 1. The molecule has 1 spiro atoms. The van der Waals surface area contributed by atoms with Gasteiger partial charge in [0.1, 0.15) is 17.6 Å². The number of halogens is 3. The number of ether oxygens (including phenoxy) is 1. The Hall–Kier alpha value is -3.80. The number of furan rings is 1. The fraction of sp³-hybridized carbons (Fsp3) is 0.444. The zero-order chi connectivity index (χ0) is 27.6. The SMILES string of the molecule is O=C(O)C(F)(F)F.O=C(c1ccoc1)N1CCC2(CC1)Oc1ccccc1-c1c2cnn1CCN1CCCC1. The van der Waals surface area contributed by atoms with Gasteiger partial charge in [-0.25, -0.2) is 4.79 Å². The first-order chi connectivity index (χ1) is 18.7. The Balaban J connectivity index is 0.000000392. The Labute approximate surface area is 222 Å². The predicted octanol–water partition coefficient (Wildman–Crippen LogP) is 4.40. The van der Waals surface area contributed by atoms with Crippen LogP contribution in [0.3, 0.4) is 0 Å². The minimum absolute atomic E-state index is 0.0198. The van der Waals surface area contributed by atoms with Crippen LogP contribution in [-0.4, -0.2) is 75.5 Å². The van der Waals surface area contributed by atoms with Gasteiger partial charge in [0, 0.05) is 43.6 Å². The number of carboxylic acids is 1. The van der Waals surface area contributed by atoms with Crippen LogP contribution >= 0.6 is 0 Å². The molecule has 0 atom stereocenters. The standard InChI is InChI=1S/C25H28N4O3.C2HF3O2/c30-24(19-7-16-31-18-19)28-12-8-25(9-13-28)21-17-26-29(15-14-27-10-3-4-11-27)23(21)20-5-1-2-6-22(20)32-25;3-2(4,5)1(6)7/h1-2,5-7,16-18H,3-4,8-15H2;(H,6,7). The molecule has 39 heavy (non-hydrogen) atoms. The number of benzene rings is 1. The molecule has 5 heterocycles. The first-order valence-electron chi connectivity index (χ1n) is 12.9. The van der Waals surface area contributed by atoms with E-state index in [1.54, 1.807) is 12.3 Å². The Kier molecular flexibility index (Phi) is 7.39. The summed E-state index contributed by atoms with van der Waals surface area (Å²) < 4.78 is 45.7. The molecule has 0 radical (unpaired) electrons. The summed E-state index contributed by atoms with van der Waals surface area (Å²) in [4.78, 5) is 26.1. The number of carbonyl (C=O) groups is 2. The number of aliphatic carboxylic acids is 1. The molecule has 1 N–H and O–H groups in total. The maximum atomic E-state index is 12.8. The highest BCUT2D eigenvalue weighted by Crippen LogP contribution is 2.49. The number of nitrogens with zero attached hydrogens (tertiary/aromatic N) is 4. The van der Waals surface area contributed by atoms with Gasteiger partial charge in [0.2, 0.25) is 0 Å². The van der Waals surface area contributed by atoms with Crippen LogP contribution < -0.4 is 4.74 Å². The van der Waals surface area contributed by atoms with Gasteiger partial charge in [-0.2, -0.15) is 18.3 Å². The molecule has 1 amide bonds. The van der Waals surface area contributed by atoms with Gasteiger partial charge in [-0.3, -0.25) is 9.48 Å². The summed E-state index contributed by atoms with van der Waals surface area (Å²) in [5.74, 6) is -1.82. The largest absolute Gasteiger partial charge is 0.490 e. The van der Waals surface area contributed by atoms with Crippen molar-refractivity contribution in [2.45, 2.75) is 44.0 Å². The van der Waals surface area contributed by atoms with E-state index in [1.807, 2.05) is 17.2 Å². The van der Waals surface area contributed by atoms with Gasteiger partial charge in [0.05, 0.1) is 30.3 Å². The van der Waals surface area contributed by atoms with Crippen LogP contribution in [0.5, 0.6) is 5.75 Å². The summed E-state index contributed by atoms with van der Waals surface area (Å²) in [6.07, 6.45) is 4.07. The molecule has 12 heteroatoms. The van der Waals surface area contributed by atoms with E-state index in [4.69, 9.17) is 24.2 Å². The van der Waals surface area contributed by atoms with Crippen LogP contribution in [0.4, 0.5) is 13.2 Å². The summed E-state index contributed by atoms with van der Waals surface area (Å²) in [6, 6.07) is 10.0. The smallest absolute Gasteiger partial charge is 0.482 e. The topological polar surface area (TPSA) is 101 Å². The Bertz CT molecular complexity index is 1310. The molecule has 6 rings (SSSR count). The lowest BCUT2D eigenvalue weighted by molar-refractivity contribution is -0.192. The van der Waals surface area contributed by atoms with E-state index in [9.17, 15) is 18.0 Å². The highest BCUT2D eigenvalue weighted by molar-refractivity contribution is 5.94. The molecule has 0 saturated carbocycles. The molecule has 208 valence electrons. The highest BCUT2D eigenvalue weighted by atomic mass is 19.4. The van der Waals surface area contributed by atoms with Crippen LogP contribution in [0.1, 0.15) is 41.6 Å². The number of fused-ring (bicyclic) bond motifs is 4. The lowest BCUT2D eigenvalue weighted by Crippen LogP contribution is -2.49. The minimum Gasteiger partial charge on any atom is -0.482 e. The summed E-state index contributed by atoms with van der Waals surface area (Å²) in [5, 5.41) is 11.9. The number of aromatic nitrogens is 2. The van der Waals surface area contributed by atoms with E-state index in [1.165, 1.54) is 37.9 Å². The summed E-state index contributed by atoms with van der Waals surface area (Å²) >= 11 is 0. The van der Waals surface area contributed by atoms with Crippen LogP contribution in [0.15, 0.2) is 53.5 Å². The third-order valence-electron chi connectivity index (χ3n) is 7.47. The van der Waals surface area contributed by atoms with E-state index in [2.05, 4.69) is 27.8 Å². The fourth-order valence-corrected chi connectivity index (χ4v) is 5.44. The van der Waals surface area contributed by atoms with Crippen molar-refractivity contribution in [2.75, 3.05) is 32.7 Å². The van der Waals surface area contributed by atoms with Gasteiger partial charge < -0.3 is 24.1 Å². The van der Waals surface area contributed by atoms with E-state index in [0.717, 1.165) is 42.8 Å². The predicted molar refractivity (Wildman–Crippen MR) is 133 cm³/mol. The third-order valence-corrected chi connectivity index (χ3v) is 7.47. The first-order valence-corrected chi connectivity index (χ1v) is 12.9. The number of para-hydroxylation sites is 1. The molecule has 3 aliphatic rings. The number of piperidine rings is 1. The van der Waals surface area contributed by atoms with Crippen LogP contribution in [0, 0.1) is 0 Å². The number of rotatable bonds is 4. The second-order valence-corrected chi connectivity index (χ2v) is 9.88. The molecule has 2 saturated heterocycles. The Morgan fingerprint density at radius 2 is 1.72 bits per heavy atom. The Morgan fingerprint density at radius 1 is 1.03 bits per heavy atom. The normalized spacial score (nSPS) is 18.1. The minimum atomic E-state index is -5.08. The molecule has 1 aromatic carbocycles. The van der Waals surface area contributed by atoms with E-state index >= 15 is 0 Å². The molecular weight excluding hydrogens is 517 g/mol. The first kappa shape index (κ1) is 26.8. The van der Waals surface area contributed by atoms with Gasteiger partial charge >= 0.3 is 12.1 Å². The molecule has 3 aliphatic heterocycles. The molecule has 2 fully saturated rings. The maximum Gasteiger partial charge on any atom is 0.490 e. The van der Waals surface area contributed by atoms with E-state index in [0.29, 0.717) is 18.7 Å². The van der Waals surface area contributed by atoms with Gasteiger partial charge in [-0.1, -0.05) is 12.1 Å². The average molecular weight is 547 g/mol. The van der Waals surface area contributed by atoms with E-state index in [-0.39, 0.29) is 5.91 Å². The fourth-order valence-electron chi connectivity index (χ4n) is 5.44. The maximum absolute atomic E-state index is 12.8. The van der Waals surface area contributed by atoms with Crippen molar-refractivity contribution in [3.8, 4) is 17.0 Å². The number of hydrogen-bond acceptors (Lipinski definition) is 6. The number of carbonyl (C=O) groups excluding carboxylic acids is 1. The molecule has 3 aromatic rings. The lowest BCUT2D eigenvalue weighted by atomic mass is 9.81. The van der Waals surface area contributed by atoms with Gasteiger partial charge in [-0.15, -0.1) is 0 Å². The van der Waals surface area contributed by atoms with Crippen molar-refractivity contribution in [1.82, 2.24) is 19.6 Å². The molecule has 0 bridgehead atoms. The summed E-state index contributed by atoms with van der Waals surface area (Å²) in [6.45, 7) is 5.57. The van der Waals surface area contributed by atoms with Crippen molar-refractivity contribution >= 4 is 11.9 Å². The van der Waals surface area contributed by atoms with E-state index < -0.39 is 17.7 Å². The van der Waals surface area contributed by atoms with Crippen LogP contribution in [0.2, 0.25) is 0 Å². The average Bonchev–Trinajstić information content (AvgIpc) is 3.70. The zero-order valence-electron chi connectivity index (χ0n) is 21.2. The third kappa shape index (κ3) is 5.51. The monoisotopic (exact) mass is 546 g/mol. The zero-order valence-corrected chi connectivity index (χ0v) is 21.2. The molecule has 2 aromatic heterocycles. The number of likely N-dealkylation sites (tertiary alicyclic amines) is 2. The lowest BCUT2D eigenvalue weighted by Gasteiger charge is -2.44. The summed E-state index contributed by atoms with van der Waals surface area (Å²) in [5.41, 5.74) is 3.62. The van der Waals surface area contributed by atoms with Gasteiger partial charge in [0.15, 0.2) is 0 Å². The molecular formula is C27H29F3N4O5. The number of hydrogen-bond donors (Lipinski definition) is 1. The quantitative estimate of drug-likeness (QED) is 0.518. The van der Waals surface area contributed by atoms with Crippen molar-refractivity contribution in [3.63, 3.8) is 0 Å². The van der Waals surface area contributed by atoms with Crippen molar-refractivity contribution < 1.29 is 37.0 Å². The Morgan fingerprint density at radius 3 is 2.36 bits per heavy atom. The molecule has 0 unspecified atom stereocenters. The molecule has 9 nitrogen and oxygen atoms in total. The van der Waals surface area contributed by atoms with Gasteiger partial charge in [0.25, 0.3) is 5.91 Å². The van der Waals surface area contributed by atoms with Crippen molar-refractivity contribution in [3.05, 3.63) is 60.2 Å². The second-order valence-electron chi connectivity index (χ2n) is 9.88. The van der Waals surface area contributed by atoms with Crippen LogP contribution in [0.25, 0.3) is 11.3 Å². The second kappa shape index (κ2) is 10.8. The molecule has 0 aliphatic carbocycles. The van der Waals surface area contributed by atoms with Gasteiger partial charge in [-0.05, 0) is 44.1 Å². The van der Waals surface area contributed by atoms with Crippen LogP contribution in [-0.2, 0) is 16.9 Å². The number of carboxylic acid groups (broad SMARTS) is 1. The van der Waals surface area contributed by atoms with Crippen molar-refractivity contribution in [1.29, 1.82) is 0 Å².